The molecule has 1 atom stereocenters. The molecular formula is C8H17NO3. The lowest BCUT2D eigenvalue weighted by Crippen LogP contribution is -2.34. The summed E-state index contributed by atoms with van der Waals surface area (Å²) >= 11 is 0. The normalized spacial score (nSPS) is 12.8. The number of rotatable bonds is 7. The smallest absolute Gasteiger partial charge is 0.322 e. The van der Waals surface area contributed by atoms with Gasteiger partial charge >= 0.3 is 5.97 Å². The summed E-state index contributed by atoms with van der Waals surface area (Å²) in [6.07, 6.45) is 3.22. The third-order valence-corrected chi connectivity index (χ3v) is 1.51. The van der Waals surface area contributed by atoms with Crippen LogP contribution in [0.5, 0.6) is 0 Å². The van der Waals surface area contributed by atoms with Crippen LogP contribution in [0.25, 0.3) is 0 Å². The number of carboxylic acids is 1. The number of hydrogen-bond donors (Lipinski definition) is 2. The predicted octanol–water partition coefficient (Wildman–Crippen LogP) is 0.605. The van der Waals surface area contributed by atoms with E-state index in [0.29, 0.717) is 6.61 Å². The van der Waals surface area contributed by atoms with E-state index >= 15 is 0 Å². The average Bonchev–Trinajstić information content (AvgIpc) is 2.03. The van der Waals surface area contributed by atoms with Crippen LogP contribution in [0.4, 0.5) is 0 Å². The quantitative estimate of drug-likeness (QED) is 0.556. The zero-order valence-electron chi connectivity index (χ0n) is 7.45. The van der Waals surface area contributed by atoms with E-state index in [9.17, 15) is 4.79 Å². The predicted molar refractivity (Wildman–Crippen MR) is 46.0 cm³/mol. The monoisotopic (exact) mass is 175 g/mol. The summed E-state index contributed by atoms with van der Waals surface area (Å²) in [5, 5.41) is 8.38. The SMILES string of the molecule is CCCCCOCC(N)C(=O)O. The Hall–Kier alpha value is -0.610. The van der Waals surface area contributed by atoms with Crippen LogP contribution in [0, 0.1) is 0 Å². The highest BCUT2D eigenvalue weighted by molar-refractivity contribution is 5.73. The number of nitrogens with two attached hydrogens (primary N) is 1. The number of carbonyl (C=O) groups is 1. The molecule has 0 aliphatic carbocycles. The van der Waals surface area contributed by atoms with E-state index in [4.69, 9.17) is 15.6 Å². The summed E-state index contributed by atoms with van der Waals surface area (Å²) in [4.78, 5) is 10.2. The van der Waals surface area contributed by atoms with E-state index in [2.05, 4.69) is 6.92 Å². The van der Waals surface area contributed by atoms with E-state index in [1.807, 2.05) is 0 Å². The second-order valence-corrected chi connectivity index (χ2v) is 2.73. The standard InChI is InChI=1S/C8H17NO3/c1-2-3-4-5-12-6-7(9)8(10)11/h7H,2-6,9H2,1H3,(H,10,11). The lowest BCUT2D eigenvalue weighted by atomic mass is 10.3. The molecule has 4 heteroatoms. The van der Waals surface area contributed by atoms with E-state index < -0.39 is 12.0 Å². The van der Waals surface area contributed by atoms with E-state index in [0.717, 1.165) is 19.3 Å². The third kappa shape index (κ3) is 6.12. The minimum Gasteiger partial charge on any atom is -0.480 e. The minimum absolute atomic E-state index is 0.110. The molecule has 0 heterocycles. The lowest BCUT2D eigenvalue weighted by Gasteiger charge is -2.06. The van der Waals surface area contributed by atoms with Gasteiger partial charge in [-0.25, -0.2) is 0 Å². The van der Waals surface area contributed by atoms with Gasteiger partial charge in [0.15, 0.2) is 0 Å². The fraction of sp³-hybridized carbons (Fsp3) is 0.875. The Kier molecular flexibility index (Phi) is 6.70. The van der Waals surface area contributed by atoms with Crippen molar-refractivity contribution in [3.63, 3.8) is 0 Å². The summed E-state index contributed by atoms with van der Waals surface area (Å²) < 4.78 is 5.05. The number of hydrogen-bond acceptors (Lipinski definition) is 3. The lowest BCUT2D eigenvalue weighted by molar-refractivity contribution is -0.140. The van der Waals surface area contributed by atoms with Crippen LogP contribution in [0.15, 0.2) is 0 Å². The molecule has 3 N–H and O–H groups in total. The Labute approximate surface area is 72.7 Å². The van der Waals surface area contributed by atoms with Gasteiger partial charge in [-0.15, -0.1) is 0 Å². The van der Waals surface area contributed by atoms with Gasteiger partial charge in [-0.3, -0.25) is 4.79 Å². The zero-order valence-corrected chi connectivity index (χ0v) is 7.45. The van der Waals surface area contributed by atoms with Crippen molar-refractivity contribution in [2.24, 2.45) is 5.73 Å². The summed E-state index contributed by atoms with van der Waals surface area (Å²) in [5.41, 5.74) is 5.21. The van der Waals surface area contributed by atoms with Gasteiger partial charge in [0, 0.05) is 6.61 Å². The first-order chi connectivity index (χ1) is 5.68. The Bertz CT molecular complexity index is 127. The summed E-state index contributed by atoms with van der Waals surface area (Å²) in [5.74, 6) is -1.01. The maximum Gasteiger partial charge on any atom is 0.322 e. The fourth-order valence-corrected chi connectivity index (χ4v) is 0.736. The minimum atomic E-state index is -1.01. The maximum atomic E-state index is 10.2. The van der Waals surface area contributed by atoms with Crippen molar-refractivity contribution < 1.29 is 14.6 Å². The molecule has 0 aliphatic heterocycles. The van der Waals surface area contributed by atoms with Crippen LogP contribution >= 0.6 is 0 Å². The Morgan fingerprint density at radius 1 is 1.58 bits per heavy atom. The van der Waals surface area contributed by atoms with Crippen LogP contribution < -0.4 is 5.73 Å². The van der Waals surface area contributed by atoms with Gasteiger partial charge in [0.2, 0.25) is 0 Å². The molecule has 1 unspecified atom stereocenters. The maximum absolute atomic E-state index is 10.2. The zero-order chi connectivity index (χ0) is 9.40. The molecule has 0 bridgehead atoms. The fourth-order valence-electron chi connectivity index (χ4n) is 0.736. The molecule has 12 heavy (non-hydrogen) atoms. The first-order valence-corrected chi connectivity index (χ1v) is 4.24. The second-order valence-electron chi connectivity index (χ2n) is 2.73. The number of unbranched alkanes of at least 4 members (excludes halogenated alkanes) is 2. The molecule has 72 valence electrons. The van der Waals surface area contributed by atoms with Crippen LogP contribution in [0.1, 0.15) is 26.2 Å². The molecule has 0 aromatic rings. The largest absolute Gasteiger partial charge is 0.480 e. The molecule has 0 amide bonds. The number of aliphatic carboxylic acids is 1. The van der Waals surface area contributed by atoms with E-state index in [1.54, 1.807) is 0 Å². The highest BCUT2D eigenvalue weighted by Gasteiger charge is 2.10. The van der Waals surface area contributed by atoms with Crippen molar-refractivity contribution in [1.29, 1.82) is 0 Å². The van der Waals surface area contributed by atoms with Crippen molar-refractivity contribution in [3.05, 3.63) is 0 Å². The number of carboxylic acid groups (broad SMARTS) is 1. The Morgan fingerprint density at radius 2 is 2.25 bits per heavy atom. The third-order valence-electron chi connectivity index (χ3n) is 1.51. The highest BCUT2D eigenvalue weighted by atomic mass is 16.5. The molecule has 0 aromatic heterocycles. The molecule has 0 spiro atoms. The topological polar surface area (TPSA) is 72.5 Å². The van der Waals surface area contributed by atoms with E-state index in [-0.39, 0.29) is 6.61 Å². The Morgan fingerprint density at radius 3 is 2.75 bits per heavy atom. The van der Waals surface area contributed by atoms with Crippen molar-refractivity contribution in [2.45, 2.75) is 32.2 Å². The van der Waals surface area contributed by atoms with Gasteiger partial charge in [-0.05, 0) is 6.42 Å². The van der Waals surface area contributed by atoms with E-state index in [1.165, 1.54) is 0 Å². The van der Waals surface area contributed by atoms with Gasteiger partial charge in [0.25, 0.3) is 0 Å². The molecular weight excluding hydrogens is 158 g/mol. The van der Waals surface area contributed by atoms with Crippen LogP contribution in [-0.2, 0) is 9.53 Å². The van der Waals surface area contributed by atoms with Crippen molar-refractivity contribution >= 4 is 5.97 Å². The summed E-state index contributed by atoms with van der Waals surface area (Å²) in [6.45, 7) is 2.82. The van der Waals surface area contributed by atoms with Crippen LogP contribution in [0.3, 0.4) is 0 Å². The first-order valence-electron chi connectivity index (χ1n) is 4.24. The summed E-state index contributed by atoms with van der Waals surface area (Å²) in [7, 11) is 0. The molecule has 0 fully saturated rings. The second kappa shape index (κ2) is 7.06. The molecule has 0 aliphatic rings. The van der Waals surface area contributed by atoms with Crippen molar-refractivity contribution in [3.8, 4) is 0 Å². The Balaban J connectivity index is 3.14. The van der Waals surface area contributed by atoms with Gasteiger partial charge in [0.1, 0.15) is 6.04 Å². The molecule has 0 aromatic carbocycles. The van der Waals surface area contributed by atoms with Gasteiger partial charge in [-0.2, -0.15) is 0 Å². The molecule has 0 saturated heterocycles. The number of ether oxygens (including phenoxy) is 1. The molecule has 0 saturated carbocycles. The average molecular weight is 175 g/mol. The van der Waals surface area contributed by atoms with Crippen LogP contribution in [0.2, 0.25) is 0 Å². The molecule has 4 nitrogen and oxygen atoms in total. The van der Waals surface area contributed by atoms with Gasteiger partial charge in [0.05, 0.1) is 6.61 Å². The highest BCUT2D eigenvalue weighted by Crippen LogP contribution is 1.94. The van der Waals surface area contributed by atoms with Crippen molar-refractivity contribution in [1.82, 2.24) is 0 Å². The first kappa shape index (κ1) is 11.4. The molecule has 0 rings (SSSR count). The summed E-state index contributed by atoms with van der Waals surface area (Å²) in [6, 6.07) is -0.883. The van der Waals surface area contributed by atoms with Crippen molar-refractivity contribution in [2.75, 3.05) is 13.2 Å². The van der Waals surface area contributed by atoms with Crippen LogP contribution in [-0.4, -0.2) is 30.3 Å². The van der Waals surface area contributed by atoms with Gasteiger partial charge in [-0.1, -0.05) is 19.8 Å². The van der Waals surface area contributed by atoms with Gasteiger partial charge < -0.3 is 15.6 Å². The molecule has 0 radical (unpaired) electrons.